The van der Waals surface area contributed by atoms with Crippen molar-refractivity contribution in [2.24, 2.45) is 0 Å². The zero-order chi connectivity index (χ0) is 19.3. The van der Waals surface area contributed by atoms with Gasteiger partial charge in [-0.3, -0.25) is 4.79 Å². The van der Waals surface area contributed by atoms with Crippen molar-refractivity contribution in [2.75, 3.05) is 5.32 Å². The van der Waals surface area contributed by atoms with Crippen LogP contribution in [0, 0.1) is 13.8 Å². The summed E-state index contributed by atoms with van der Waals surface area (Å²) in [4.78, 5) is 24.1. The van der Waals surface area contributed by atoms with Gasteiger partial charge in [0.2, 0.25) is 0 Å². The highest BCUT2D eigenvalue weighted by Gasteiger charge is 2.17. The molecule has 0 saturated carbocycles. The largest absolute Gasteiger partial charge is 0.449 e. The normalized spacial score (nSPS) is 12.0. The lowest BCUT2D eigenvalue weighted by molar-refractivity contribution is -0.148. The van der Waals surface area contributed by atoms with Gasteiger partial charge >= 0.3 is 5.97 Å². The number of anilines is 1. The van der Waals surface area contributed by atoms with Crippen LogP contribution in [0.3, 0.4) is 0 Å². The molecule has 2 rings (SSSR count). The average Bonchev–Trinajstić information content (AvgIpc) is 2.58. The third-order valence-electron chi connectivity index (χ3n) is 3.66. The minimum Gasteiger partial charge on any atom is -0.449 e. The number of amides is 1. The van der Waals surface area contributed by atoms with Crippen molar-refractivity contribution in [1.82, 2.24) is 0 Å². The molecule has 4 nitrogen and oxygen atoms in total. The van der Waals surface area contributed by atoms with E-state index in [1.807, 2.05) is 32.0 Å². The zero-order valence-corrected chi connectivity index (χ0v) is 16.2. The van der Waals surface area contributed by atoms with E-state index in [9.17, 15) is 9.59 Å². The molecule has 6 heteroatoms. The number of ether oxygens (including phenoxy) is 1. The van der Waals surface area contributed by atoms with Crippen LogP contribution in [0.5, 0.6) is 0 Å². The molecule has 136 valence electrons. The van der Waals surface area contributed by atoms with E-state index in [1.165, 1.54) is 13.0 Å². The van der Waals surface area contributed by atoms with Gasteiger partial charge in [-0.1, -0.05) is 47.0 Å². The van der Waals surface area contributed by atoms with Crippen molar-refractivity contribution in [1.29, 1.82) is 0 Å². The van der Waals surface area contributed by atoms with Crippen LogP contribution in [0.15, 0.2) is 42.5 Å². The Morgan fingerprint density at radius 3 is 2.46 bits per heavy atom. The van der Waals surface area contributed by atoms with Gasteiger partial charge in [-0.2, -0.15) is 0 Å². The summed E-state index contributed by atoms with van der Waals surface area (Å²) in [6.45, 7) is 5.40. The van der Waals surface area contributed by atoms with E-state index in [1.54, 1.807) is 24.3 Å². The maximum absolute atomic E-state index is 12.2. The molecule has 0 bridgehead atoms. The summed E-state index contributed by atoms with van der Waals surface area (Å²) in [6, 6.07) is 10.7. The molecule has 0 aromatic heterocycles. The molecule has 2 aromatic carbocycles. The number of rotatable bonds is 5. The van der Waals surface area contributed by atoms with E-state index in [2.05, 4.69) is 5.32 Å². The Hall–Kier alpha value is -2.30. The third kappa shape index (κ3) is 5.61. The first-order valence-electron chi connectivity index (χ1n) is 7.98. The fourth-order valence-corrected chi connectivity index (χ4v) is 2.54. The predicted molar refractivity (Wildman–Crippen MR) is 106 cm³/mol. The number of nitrogens with one attached hydrogen (secondary N) is 1. The lowest BCUT2D eigenvalue weighted by Gasteiger charge is -2.14. The van der Waals surface area contributed by atoms with Gasteiger partial charge in [0.25, 0.3) is 5.91 Å². The smallest absolute Gasteiger partial charge is 0.331 e. The summed E-state index contributed by atoms with van der Waals surface area (Å²) in [5, 5.41) is 3.58. The number of carbonyl (C=O) groups is 2. The van der Waals surface area contributed by atoms with Crippen molar-refractivity contribution >= 4 is 46.8 Å². The molecule has 1 unspecified atom stereocenters. The van der Waals surface area contributed by atoms with E-state index in [0.717, 1.165) is 11.1 Å². The van der Waals surface area contributed by atoms with Crippen LogP contribution in [-0.2, 0) is 14.3 Å². The van der Waals surface area contributed by atoms with Gasteiger partial charge in [0, 0.05) is 11.8 Å². The van der Waals surface area contributed by atoms with Gasteiger partial charge in [-0.25, -0.2) is 4.79 Å². The van der Waals surface area contributed by atoms with Crippen molar-refractivity contribution < 1.29 is 14.3 Å². The Bertz CT molecular complexity index is 862. The summed E-state index contributed by atoms with van der Waals surface area (Å²) in [7, 11) is 0. The molecule has 1 amide bonds. The Labute approximate surface area is 162 Å². The van der Waals surface area contributed by atoms with Crippen LogP contribution >= 0.6 is 23.2 Å². The third-order valence-corrected chi connectivity index (χ3v) is 4.40. The Kier molecular flexibility index (Phi) is 6.83. The van der Waals surface area contributed by atoms with Crippen LogP contribution in [0.4, 0.5) is 5.69 Å². The lowest BCUT2D eigenvalue weighted by Crippen LogP contribution is -2.29. The Balaban J connectivity index is 1.94. The van der Waals surface area contributed by atoms with Crippen molar-refractivity contribution in [2.45, 2.75) is 26.9 Å². The van der Waals surface area contributed by atoms with Gasteiger partial charge in [0.15, 0.2) is 6.10 Å². The lowest BCUT2D eigenvalue weighted by atomic mass is 10.1. The number of aryl methyl sites for hydroxylation is 2. The van der Waals surface area contributed by atoms with Crippen molar-refractivity contribution in [3.8, 4) is 0 Å². The molecule has 0 fully saturated rings. The SMILES string of the molecule is Cc1ccc(NC(=O)C(C)OC(=O)C=Cc2ccc(Cl)c(Cl)c2)c(C)c1. The van der Waals surface area contributed by atoms with Crippen LogP contribution in [-0.4, -0.2) is 18.0 Å². The highest BCUT2D eigenvalue weighted by Crippen LogP contribution is 2.23. The maximum Gasteiger partial charge on any atom is 0.331 e. The van der Waals surface area contributed by atoms with E-state index in [-0.39, 0.29) is 0 Å². The molecule has 0 heterocycles. The summed E-state index contributed by atoms with van der Waals surface area (Å²) < 4.78 is 5.13. The first-order chi connectivity index (χ1) is 12.3. The van der Waals surface area contributed by atoms with E-state index < -0.39 is 18.0 Å². The second kappa shape index (κ2) is 8.88. The van der Waals surface area contributed by atoms with Crippen LogP contribution in [0.25, 0.3) is 6.08 Å². The average molecular weight is 392 g/mol. The fraction of sp³-hybridized carbons (Fsp3) is 0.200. The molecule has 26 heavy (non-hydrogen) atoms. The fourth-order valence-electron chi connectivity index (χ4n) is 2.24. The van der Waals surface area contributed by atoms with Crippen LogP contribution < -0.4 is 5.32 Å². The van der Waals surface area contributed by atoms with Gasteiger partial charge in [0.05, 0.1) is 10.0 Å². The van der Waals surface area contributed by atoms with Gasteiger partial charge in [-0.05, 0) is 56.2 Å². The summed E-state index contributed by atoms with van der Waals surface area (Å²) >= 11 is 11.8. The minimum absolute atomic E-state index is 0.392. The van der Waals surface area contributed by atoms with Crippen LogP contribution in [0.1, 0.15) is 23.6 Å². The number of hydrogen-bond donors (Lipinski definition) is 1. The summed E-state index contributed by atoms with van der Waals surface area (Å²) in [6.07, 6.45) is 1.85. The van der Waals surface area contributed by atoms with Crippen molar-refractivity contribution in [3.63, 3.8) is 0 Å². The molecular formula is C20H19Cl2NO3. The molecule has 0 aliphatic rings. The van der Waals surface area contributed by atoms with Gasteiger partial charge in [-0.15, -0.1) is 0 Å². The summed E-state index contributed by atoms with van der Waals surface area (Å²) in [5.41, 5.74) is 3.43. The maximum atomic E-state index is 12.2. The monoisotopic (exact) mass is 391 g/mol. The van der Waals surface area contributed by atoms with Gasteiger partial charge < -0.3 is 10.1 Å². The number of hydrogen-bond acceptors (Lipinski definition) is 3. The van der Waals surface area contributed by atoms with E-state index in [0.29, 0.717) is 21.3 Å². The second-order valence-corrected chi connectivity index (χ2v) is 6.71. The van der Waals surface area contributed by atoms with E-state index in [4.69, 9.17) is 27.9 Å². The molecule has 2 aromatic rings. The first-order valence-corrected chi connectivity index (χ1v) is 8.73. The molecule has 0 aliphatic carbocycles. The Morgan fingerprint density at radius 2 is 1.81 bits per heavy atom. The summed E-state index contributed by atoms with van der Waals surface area (Å²) in [5.74, 6) is -1.02. The quantitative estimate of drug-likeness (QED) is 0.563. The Morgan fingerprint density at radius 1 is 1.08 bits per heavy atom. The van der Waals surface area contributed by atoms with Crippen molar-refractivity contribution in [3.05, 3.63) is 69.2 Å². The highest BCUT2D eigenvalue weighted by molar-refractivity contribution is 6.42. The predicted octanol–water partition coefficient (Wildman–Crippen LogP) is 5.19. The standard InChI is InChI=1S/C20H19Cl2NO3/c1-12-4-8-18(13(2)10-12)23-20(25)14(3)26-19(24)9-6-15-5-7-16(21)17(22)11-15/h4-11,14H,1-3H3,(H,23,25). The number of benzene rings is 2. The minimum atomic E-state index is -0.929. The highest BCUT2D eigenvalue weighted by atomic mass is 35.5. The first kappa shape index (κ1) is 20.0. The second-order valence-electron chi connectivity index (χ2n) is 5.89. The molecule has 0 saturated heterocycles. The molecular weight excluding hydrogens is 373 g/mol. The molecule has 0 spiro atoms. The molecule has 1 atom stereocenters. The zero-order valence-electron chi connectivity index (χ0n) is 14.7. The molecule has 0 aliphatic heterocycles. The number of esters is 1. The topological polar surface area (TPSA) is 55.4 Å². The van der Waals surface area contributed by atoms with E-state index >= 15 is 0 Å². The van der Waals surface area contributed by atoms with Gasteiger partial charge in [0.1, 0.15) is 0 Å². The van der Waals surface area contributed by atoms with Crippen LogP contribution in [0.2, 0.25) is 10.0 Å². The number of halogens is 2. The number of carbonyl (C=O) groups excluding carboxylic acids is 2. The molecule has 0 radical (unpaired) electrons. The molecule has 1 N–H and O–H groups in total.